The molecular weight excluding hydrogens is 291 g/mol. The Bertz CT molecular complexity index is 564. The Balaban J connectivity index is 2.92. The number of hydrogen-bond acceptors (Lipinski definition) is 1. The molecule has 0 saturated carbocycles. The van der Waals surface area contributed by atoms with Crippen LogP contribution in [0.25, 0.3) is 10.9 Å². The molecule has 1 aromatic heterocycles. The molecule has 2 aromatic rings. The van der Waals surface area contributed by atoms with Gasteiger partial charge in [-0.1, -0.05) is 0 Å². The zero-order valence-corrected chi connectivity index (χ0v) is 9.03. The summed E-state index contributed by atoms with van der Waals surface area (Å²) in [6.07, 6.45) is 0. The summed E-state index contributed by atoms with van der Waals surface area (Å²) in [4.78, 5) is 12.7. The number of hydrogen-bond donors (Lipinski definition) is 2. The fraction of sp³-hybridized carbons (Fsp3) is 0. The monoisotopic (exact) mass is 293 g/mol. The topological polar surface area (TPSA) is 53.1 Å². The Labute approximate surface area is 95.0 Å². The Hall–Kier alpha value is -1.50. The number of halogens is 4. The van der Waals surface area contributed by atoms with Crippen LogP contribution in [0, 0.1) is 17.5 Å². The third-order valence-corrected chi connectivity index (χ3v) is 2.78. The summed E-state index contributed by atoms with van der Waals surface area (Å²) in [7, 11) is 0. The van der Waals surface area contributed by atoms with Crippen LogP contribution in [0.4, 0.5) is 13.2 Å². The lowest BCUT2D eigenvalue weighted by Gasteiger charge is -2.00. The average molecular weight is 294 g/mol. The van der Waals surface area contributed by atoms with E-state index in [0.717, 1.165) is 6.07 Å². The Morgan fingerprint density at radius 3 is 2.44 bits per heavy atom. The number of carboxylic acids is 1. The van der Waals surface area contributed by atoms with E-state index in [1.165, 1.54) is 0 Å². The highest BCUT2D eigenvalue weighted by Gasteiger charge is 2.21. The Morgan fingerprint density at radius 2 is 1.88 bits per heavy atom. The van der Waals surface area contributed by atoms with Crippen LogP contribution < -0.4 is 0 Å². The molecule has 0 aliphatic carbocycles. The number of nitrogens with one attached hydrogen (secondary N) is 1. The van der Waals surface area contributed by atoms with Gasteiger partial charge in [-0.05, 0) is 22.0 Å². The molecule has 2 rings (SSSR count). The van der Waals surface area contributed by atoms with Gasteiger partial charge in [0.2, 0.25) is 0 Å². The molecule has 0 amide bonds. The minimum Gasteiger partial charge on any atom is -0.477 e. The normalized spacial score (nSPS) is 11.0. The lowest BCUT2D eigenvalue weighted by molar-refractivity contribution is 0.0691. The maximum absolute atomic E-state index is 13.4. The molecular formula is C9H3BrF3NO2. The first-order chi connectivity index (χ1) is 7.43. The third kappa shape index (κ3) is 1.39. The molecule has 0 saturated heterocycles. The Morgan fingerprint density at radius 1 is 1.25 bits per heavy atom. The van der Waals surface area contributed by atoms with Gasteiger partial charge in [-0.2, -0.15) is 0 Å². The van der Waals surface area contributed by atoms with Crippen molar-refractivity contribution in [2.24, 2.45) is 0 Å². The summed E-state index contributed by atoms with van der Waals surface area (Å²) in [5.74, 6) is -5.15. The van der Waals surface area contributed by atoms with E-state index >= 15 is 0 Å². The standard InChI is InChI=1S/C9H3BrF3NO2/c10-4-5(11)2-1-3(9(15)16)14-8(2)7(13)6(4)12/h1,14H,(H,15,16). The molecule has 16 heavy (non-hydrogen) atoms. The third-order valence-electron chi connectivity index (χ3n) is 2.08. The number of carbonyl (C=O) groups is 1. The summed E-state index contributed by atoms with van der Waals surface area (Å²) in [6, 6.07) is 0.903. The molecule has 2 N–H and O–H groups in total. The quantitative estimate of drug-likeness (QED) is 0.627. The van der Waals surface area contributed by atoms with Crippen molar-refractivity contribution >= 4 is 32.8 Å². The van der Waals surface area contributed by atoms with Gasteiger partial charge in [0.1, 0.15) is 11.5 Å². The fourth-order valence-electron chi connectivity index (χ4n) is 1.34. The van der Waals surface area contributed by atoms with Crippen LogP contribution in [-0.2, 0) is 0 Å². The zero-order valence-electron chi connectivity index (χ0n) is 7.44. The van der Waals surface area contributed by atoms with Gasteiger partial charge in [0.05, 0.1) is 9.99 Å². The number of benzene rings is 1. The van der Waals surface area contributed by atoms with Gasteiger partial charge in [0.15, 0.2) is 11.6 Å². The average Bonchev–Trinajstić information content (AvgIpc) is 2.68. The van der Waals surface area contributed by atoms with Gasteiger partial charge in [-0.15, -0.1) is 0 Å². The van der Waals surface area contributed by atoms with Crippen LogP contribution in [0.1, 0.15) is 10.5 Å². The maximum Gasteiger partial charge on any atom is 0.352 e. The molecule has 7 heteroatoms. The number of fused-ring (bicyclic) bond motifs is 1. The van der Waals surface area contributed by atoms with Crippen LogP contribution >= 0.6 is 15.9 Å². The van der Waals surface area contributed by atoms with E-state index in [1.807, 2.05) is 0 Å². The fourth-order valence-corrected chi connectivity index (χ4v) is 1.72. The second-order valence-electron chi connectivity index (χ2n) is 3.03. The highest BCUT2D eigenvalue weighted by atomic mass is 79.9. The first-order valence-electron chi connectivity index (χ1n) is 4.01. The smallest absolute Gasteiger partial charge is 0.352 e. The largest absolute Gasteiger partial charge is 0.477 e. The van der Waals surface area contributed by atoms with Gasteiger partial charge in [0.25, 0.3) is 0 Å². The van der Waals surface area contributed by atoms with Crippen LogP contribution in [0.5, 0.6) is 0 Å². The van der Waals surface area contributed by atoms with Crippen LogP contribution in [-0.4, -0.2) is 16.1 Å². The van der Waals surface area contributed by atoms with Crippen molar-refractivity contribution in [3.8, 4) is 0 Å². The molecule has 0 unspecified atom stereocenters. The maximum atomic E-state index is 13.4. The molecule has 0 bridgehead atoms. The second kappa shape index (κ2) is 3.51. The van der Waals surface area contributed by atoms with Gasteiger partial charge >= 0.3 is 5.97 Å². The summed E-state index contributed by atoms with van der Waals surface area (Å²) < 4.78 is 39.2. The van der Waals surface area contributed by atoms with E-state index in [0.29, 0.717) is 0 Å². The highest BCUT2D eigenvalue weighted by molar-refractivity contribution is 9.10. The molecule has 1 aromatic carbocycles. The van der Waals surface area contributed by atoms with E-state index < -0.39 is 39.1 Å². The molecule has 0 radical (unpaired) electrons. The number of carboxylic acid groups (broad SMARTS) is 1. The number of aromatic carboxylic acids is 1. The van der Waals surface area contributed by atoms with Crippen LogP contribution in [0.3, 0.4) is 0 Å². The SMILES string of the molecule is O=C(O)c1cc2c(F)c(Br)c(F)c(F)c2[nH]1. The molecule has 3 nitrogen and oxygen atoms in total. The summed E-state index contributed by atoms with van der Waals surface area (Å²) in [5, 5.41) is 8.31. The van der Waals surface area contributed by atoms with Crippen molar-refractivity contribution in [3.05, 3.63) is 33.7 Å². The summed E-state index contributed by atoms with van der Waals surface area (Å²) in [6.45, 7) is 0. The first-order valence-corrected chi connectivity index (χ1v) is 4.80. The molecule has 1 heterocycles. The van der Waals surface area contributed by atoms with E-state index in [2.05, 4.69) is 20.9 Å². The predicted molar refractivity (Wildman–Crippen MR) is 52.8 cm³/mol. The minimum absolute atomic E-state index is 0.317. The number of rotatable bonds is 1. The molecule has 0 spiro atoms. The molecule has 84 valence electrons. The second-order valence-corrected chi connectivity index (χ2v) is 3.83. The van der Waals surface area contributed by atoms with Crippen LogP contribution in [0.2, 0.25) is 0 Å². The molecule has 0 atom stereocenters. The zero-order chi connectivity index (χ0) is 12.0. The number of aromatic nitrogens is 1. The van der Waals surface area contributed by atoms with Crippen LogP contribution in [0.15, 0.2) is 10.5 Å². The molecule has 0 fully saturated rings. The molecule has 0 aliphatic heterocycles. The summed E-state index contributed by atoms with van der Waals surface area (Å²) >= 11 is 2.55. The van der Waals surface area contributed by atoms with Crippen molar-refractivity contribution in [2.45, 2.75) is 0 Å². The first kappa shape index (κ1) is 11.0. The molecule has 0 aliphatic rings. The minimum atomic E-state index is -1.40. The van der Waals surface area contributed by atoms with Crippen molar-refractivity contribution in [1.29, 1.82) is 0 Å². The number of H-pyrrole nitrogens is 1. The van der Waals surface area contributed by atoms with Crippen molar-refractivity contribution in [2.75, 3.05) is 0 Å². The highest BCUT2D eigenvalue weighted by Crippen LogP contribution is 2.31. The van der Waals surface area contributed by atoms with E-state index in [-0.39, 0.29) is 5.39 Å². The van der Waals surface area contributed by atoms with Gasteiger partial charge in [-0.3, -0.25) is 0 Å². The van der Waals surface area contributed by atoms with Gasteiger partial charge in [0, 0.05) is 5.39 Å². The van der Waals surface area contributed by atoms with Crippen molar-refractivity contribution < 1.29 is 23.1 Å². The van der Waals surface area contributed by atoms with Crippen molar-refractivity contribution in [1.82, 2.24) is 4.98 Å². The lowest BCUT2D eigenvalue weighted by Crippen LogP contribution is -1.95. The lowest BCUT2D eigenvalue weighted by atomic mass is 10.2. The number of aromatic amines is 1. The Kier molecular flexibility index (Phi) is 2.42. The van der Waals surface area contributed by atoms with E-state index in [4.69, 9.17) is 5.11 Å². The van der Waals surface area contributed by atoms with Gasteiger partial charge in [-0.25, -0.2) is 18.0 Å². The summed E-state index contributed by atoms with van der Waals surface area (Å²) in [5.41, 5.74) is -0.916. The van der Waals surface area contributed by atoms with E-state index in [1.54, 1.807) is 0 Å². The predicted octanol–water partition coefficient (Wildman–Crippen LogP) is 3.05. The van der Waals surface area contributed by atoms with Gasteiger partial charge < -0.3 is 10.1 Å². The van der Waals surface area contributed by atoms with Crippen molar-refractivity contribution in [3.63, 3.8) is 0 Å². The van der Waals surface area contributed by atoms with E-state index in [9.17, 15) is 18.0 Å².